The average Bonchev–Trinajstić information content (AvgIpc) is 2.64. The third-order valence-electron chi connectivity index (χ3n) is 4.85. The highest BCUT2D eigenvalue weighted by Gasteiger charge is 2.24. The predicted molar refractivity (Wildman–Crippen MR) is 93.2 cm³/mol. The van der Waals surface area contributed by atoms with E-state index >= 15 is 0 Å². The molecule has 0 spiro atoms. The van der Waals surface area contributed by atoms with Gasteiger partial charge in [-0.2, -0.15) is 4.39 Å². The Balaban J connectivity index is 1.85. The van der Waals surface area contributed by atoms with Crippen LogP contribution in [0.2, 0.25) is 0 Å². The molecular weight excluding hydrogens is 344 g/mol. The second-order valence-corrected chi connectivity index (χ2v) is 6.47. The van der Waals surface area contributed by atoms with Gasteiger partial charge in [-0.1, -0.05) is 18.2 Å². The lowest BCUT2D eigenvalue weighted by atomic mass is 9.82. The van der Waals surface area contributed by atoms with Gasteiger partial charge in [-0.25, -0.2) is 13.2 Å². The second kappa shape index (κ2) is 7.52. The minimum atomic E-state index is -1.00. The first-order valence-corrected chi connectivity index (χ1v) is 8.68. The third kappa shape index (κ3) is 3.35. The lowest BCUT2D eigenvalue weighted by Crippen LogP contribution is -2.09. The summed E-state index contributed by atoms with van der Waals surface area (Å²) in [5.41, 5.74) is 1.47. The monoisotopic (exact) mass is 364 g/mol. The fraction of sp³-hybridized carbons (Fsp3) is 0.333. The summed E-state index contributed by atoms with van der Waals surface area (Å²) in [5, 5.41) is 0. The van der Waals surface area contributed by atoms with Crippen LogP contribution in [-0.4, -0.2) is 6.61 Å². The standard InChI is InChI=1S/C21H20F4O/c1-3-26-17-11-10-16(20(24)21(17)25)14-7-5-13(6-8-14)15-9-4-12(2)18(22)19(15)23/h4,7,9-11,13H,3,5-6,8H2,1-2H3. The van der Waals surface area contributed by atoms with Crippen molar-refractivity contribution < 1.29 is 22.3 Å². The molecule has 0 aliphatic heterocycles. The highest BCUT2D eigenvalue weighted by Crippen LogP contribution is 2.39. The van der Waals surface area contributed by atoms with Gasteiger partial charge in [-0.3, -0.25) is 0 Å². The minimum absolute atomic E-state index is 0.111. The molecule has 138 valence electrons. The molecule has 0 bridgehead atoms. The van der Waals surface area contributed by atoms with Crippen molar-refractivity contribution in [2.45, 2.75) is 39.0 Å². The van der Waals surface area contributed by atoms with Crippen LogP contribution in [0.5, 0.6) is 5.75 Å². The largest absolute Gasteiger partial charge is 0.491 e. The van der Waals surface area contributed by atoms with Crippen molar-refractivity contribution >= 4 is 5.57 Å². The van der Waals surface area contributed by atoms with Crippen molar-refractivity contribution in [1.82, 2.24) is 0 Å². The molecule has 0 fully saturated rings. The van der Waals surface area contributed by atoms with Gasteiger partial charge >= 0.3 is 0 Å². The molecule has 5 heteroatoms. The normalized spacial score (nSPS) is 17.2. The molecule has 2 aromatic rings. The van der Waals surface area contributed by atoms with Crippen LogP contribution in [-0.2, 0) is 0 Å². The van der Waals surface area contributed by atoms with Gasteiger partial charge in [-0.05, 0) is 67.9 Å². The first-order valence-electron chi connectivity index (χ1n) is 8.68. The van der Waals surface area contributed by atoms with Gasteiger partial charge < -0.3 is 4.74 Å². The number of hydrogen-bond acceptors (Lipinski definition) is 1. The Morgan fingerprint density at radius 3 is 2.38 bits per heavy atom. The molecule has 3 rings (SSSR count). The zero-order chi connectivity index (χ0) is 18.8. The van der Waals surface area contributed by atoms with Gasteiger partial charge in [0.1, 0.15) is 0 Å². The number of ether oxygens (including phenoxy) is 1. The van der Waals surface area contributed by atoms with Crippen LogP contribution in [0.3, 0.4) is 0 Å². The molecule has 2 aromatic carbocycles. The molecule has 1 unspecified atom stereocenters. The molecule has 26 heavy (non-hydrogen) atoms. The zero-order valence-electron chi connectivity index (χ0n) is 14.7. The molecule has 0 N–H and O–H groups in total. The summed E-state index contributed by atoms with van der Waals surface area (Å²) >= 11 is 0. The second-order valence-electron chi connectivity index (χ2n) is 6.47. The van der Waals surface area contributed by atoms with E-state index in [0.29, 0.717) is 30.4 Å². The van der Waals surface area contributed by atoms with E-state index < -0.39 is 23.3 Å². The number of allylic oxidation sites excluding steroid dienone is 2. The van der Waals surface area contributed by atoms with Crippen LogP contribution in [0.1, 0.15) is 48.8 Å². The molecule has 1 aliphatic rings. The topological polar surface area (TPSA) is 9.23 Å². The van der Waals surface area contributed by atoms with Gasteiger partial charge in [0, 0.05) is 5.56 Å². The van der Waals surface area contributed by atoms with E-state index in [4.69, 9.17) is 4.74 Å². The van der Waals surface area contributed by atoms with E-state index in [1.54, 1.807) is 25.1 Å². The molecule has 0 saturated carbocycles. The number of aryl methyl sites for hydroxylation is 1. The highest BCUT2D eigenvalue weighted by atomic mass is 19.2. The lowest BCUT2D eigenvalue weighted by molar-refractivity contribution is 0.314. The van der Waals surface area contributed by atoms with Crippen LogP contribution in [0.4, 0.5) is 17.6 Å². The Morgan fingerprint density at radius 1 is 0.962 bits per heavy atom. The maximum absolute atomic E-state index is 14.3. The van der Waals surface area contributed by atoms with Crippen LogP contribution >= 0.6 is 0 Å². The maximum atomic E-state index is 14.3. The first-order chi connectivity index (χ1) is 12.4. The fourth-order valence-electron chi connectivity index (χ4n) is 3.38. The maximum Gasteiger partial charge on any atom is 0.201 e. The number of halogens is 4. The van der Waals surface area contributed by atoms with E-state index in [9.17, 15) is 17.6 Å². The molecule has 0 heterocycles. The number of rotatable bonds is 4. The van der Waals surface area contributed by atoms with Crippen LogP contribution in [0.25, 0.3) is 5.57 Å². The van der Waals surface area contributed by atoms with Gasteiger partial charge in [0.15, 0.2) is 23.2 Å². The Kier molecular flexibility index (Phi) is 5.35. The van der Waals surface area contributed by atoms with Gasteiger partial charge in [0.2, 0.25) is 5.82 Å². The van der Waals surface area contributed by atoms with Crippen LogP contribution in [0, 0.1) is 30.2 Å². The van der Waals surface area contributed by atoms with Crippen LogP contribution < -0.4 is 4.74 Å². The average molecular weight is 364 g/mol. The zero-order valence-corrected chi connectivity index (χ0v) is 14.7. The van der Waals surface area contributed by atoms with Crippen molar-refractivity contribution in [2.24, 2.45) is 0 Å². The number of hydrogen-bond donors (Lipinski definition) is 0. The Morgan fingerprint density at radius 2 is 1.73 bits per heavy atom. The molecule has 0 amide bonds. The lowest BCUT2D eigenvalue weighted by Gasteiger charge is -2.24. The van der Waals surface area contributed by atoms with Gasteiger partial charge in [-0.15, -0.1) is 0 Å². The van der Waals surface area contributed by atoms with Crippen molar-refractivity contribution in [1.29, 1.82) is 0 Å². The summed E-state index contributed by atoms with van der Waals surface area (Å²) in [6, 6.07) is 6.09. The molecule has 0 aromatic heterocycles. The Bertz CT molecular complexity index is 858. The third-order valence-corrected chi connectivity index (χ3v) is 4.85. The van der Waals surface area contributed by atoms with Crippen molar-refractivity contribution in [3.05, 3.63) is 70.3 Å². The van der Waals surface area contributed by atoms with Gasteiger partial charge in [0.05, 0.1) is 6.61 Å². The summed E-state index contributed by atoms with van der Waals surface area (Å²) in [6.45, 7) is 3.46. The number of benzene rings is 2. The molecule has 0 radical (unpaired) electrons. The van der Waals surface area contributed by atoms with E-state index in [0.717, 1.165) is 0 Å². The molecule has 0 saturated heterocycles. The SMILES string of the molecule is CCOc1ccc(C2=CCC(c3ccc(C)c(F)c3F)CC2)c(F)c1F. The minimum Gasteiger partial charge on any atom is -0.491 e. The molecule has 1 nitrogen and oxygen atoms in total. The Hall–Kier alpha value is -2.30. The van der Waals surface area contributed by atoms with Crippen molar-refractivity contribution in [3.63, 3.8) is 0 Å². The highest BCUT2D eigenvalue weighted by molar-refractivity contribution is 5.68. The fourth-order valence-corrected chi connectivity index (χ4v) is 3.38. The summed E-state index contributed by atoms with van der Waals surface area (Å²) < 4.78 is 61.4. The summed E-state index contributed by atoms with van der Waals surface area (Å²) in [4.78, 5) is 0. The first kappa shape index (κ1) is 18.5. The Labute approximate surface area is 150 Å². The summed E-state index contributed by atoms with van der Waals surface area (Å²) in [7, 11) is 0. The van der Waals surface area contributed by atoms with E-state index in [1.807, 2.05) is 0 Å². The summed E-state index contributed by atoms with van der Waals surface area (Å²) in [5.74, 6) is -3.86. The molecule has 1 atom stereocenters. The molecular formula is C21H20F4O. The smallest absolute Gasteiger partial charge is 0.201 e. The quantitative estimate of drug-likeness (QED) is 0.578. The van der Waals surface area contributed by atoms with Crippen LogP contribution in [0.15, 0.2) is 30.3 Å². The van der Waals surface area contributed by atoms with Gasteiger partial charge in [0.25, 0.3) is 0 Å². The molecule has 1 aliphatic carbocycles. The predicted octanol–water partition coefficient (Wildman–Crippen LogP) is 6.30. The van der Waals surface area contributed by atoms with Crippen molar-refractivity contribution in [2.75, 3.05) is 6.61 Å². The van der Waals surface area contributed by atoms with E-state index in [1.165, 1.54) is 19.1 Å². The summed E-state index contributed by atoms with van der Waals surface area (Å²) in [6.07, 6.45) is 3.23. The van der Waals surface area contributed by atoms with Crippen molar-refractivity contribution in [3.8, 4) is 5.75 Å². The van der Waals surface area contributed by atoms with E-state index in [2.05, 4.69) is 0 Å². The van der Waals surface area contributed by atoms with E-state index in [-0.39, 0.29) is 29.4 Å².